The molecule has 8 nitrogen and oxygen atoms in total. The lowest BCUT2D eigenvalue weighted by Crippen LogP contribution is -2.46. The van der Waals surface area contributed by atoms with Crippen LogP contribution in [0.25, 0.3) is 0 Å². The third kappa shape index (κ3) is 5.43. The number of carbonyl (C=O) groups excluding carboxylic acids is 3. The number of methoxy groups -OCH3 is 1. The number of carbonyl (C=O) groups is 3. The van der Waals surface area contributed by atoms with Crippen LogP contribution in [0.3, 0.4) is 0 Å². The van der Waals surface area contributed by atoms with Gasteiger partial charge in [0.05, 0.1) is 19.2 Å². The first kappa shape index (κ1) is 24.4. The van der Waals surface area contributed by atoms with Crippen LogP contribution in [0, 0.1) is 6.92 Å². The summed E-state index contributed by atoms with van der Waals surface area (Å²) in [7, 11) is 1.51. The van der Waals surface area contributed by atoms with Gasteiger partial charge in [0.15, 0.2) is 12.1 Å². The number of ether oxygens (including phenoxy) is 2. The first-order valence-electron chi connectivity index (χ1n) is 12.3. The monoisotopic (exact) mass is 499 g/mol. The Morgan fingerprint density at radius 3 is 2.51 bits per heavy atom. The molecule has 5 rings (SSSR count). The van der Waals surface area contributed by atoms with Crippen molar-refractivity contribution in [1.29, 1.82) is 0 Å². The summed E-state index contributed by atoms with van der Waals surface area (Å²) in [5, 5.41) is 5.90. The van der Waals surface area contributed by atoms with E-state index in [-0.39, 0.29) is 24.4 Å². The minimum Gasteiger partial charge on any atom is -0.496 e. The molecule has 3 amide bonds. The Balaban J connectivity index is 1.40. The zero-order chi connectivity index (χ0) is 25.9. The van der Waals surface area contributed by atoms with E-state index in [1.807, 2.05) is 31.2 Å². The lowest BCUT2D eigenvalue weighted by atomic mass is 10.00. The van der Waals surface area contributed by atoms with Crippen LogP contribution in [-0.2, 0) is 16.1 Å². The van der Waals surface area contributed by atoms with Gasteiger partial charge in [0.25, 0.3) is 5.91 Å². The Bertz CT molecular complexity index is 1320. The lowest BCUT2D eigenvalue weighted by molar-refractivity contribution is -0.126. The normalized spacial score (nSPS) is 18.8. The van der Waals surface area contributed by atoms with Crippen LogP contribution in [0.2, 0.25) is 0 Å². The van der Waals surface area contributed by atoms with E-state index in [2.05, 4.69) is 10.6 Å². The third-order valence-electron chi connectivity index (χ3n) is 6.58. The van der Waals surface area contributed by atoms with Gasteiger partial charge in [-0.25, -0.2) is 4.79 Å². The van der Waals surface area contributed by atoms with E-state index in [4.69, 9.17) is 9.47 Å². The minimum atomic E-state index is -0.838. The van der Waals surface area contributed by atoms with E-state index in [0.29, 0.717) is 22.6 Å². The van der Waals surface area contributed by atoms with Crippen molar-refractivity contribution in [2.24, 2.45) is 0 Å². The first-order chi connectivity index (χ1) is 17.9. The number of rotatable bonds is 8. The van der Waals surface area contributed by atoms with Gasteiger partial charge in [-0.1, -0.05) is 54.1 Å². The molecule has 1 saturated heterocycles. The number of nitrogens with one attached hydrogen (secondary N) is 2. The van der Waals surface area contributed by atoms with Crippen LogP contribution in [0.4, 0.5) is 10.5 Å². The van der Waals surface area contributed by atoms with Crippen LogP contribution in [0.5, 0.6) is 5.75 Å². The standard InChI is InChI=1S/C29H29N3O5/c1-18-10-12-19(13-11-18)17-32-25(28(34)30-21-14-15-21)26(37-29(32)35)20-6-5-7-22(16-20)31-27(33)23-8-3-4-9-24(23)36-2/h3-13,16,21,25-26H,14-15,17H2,1-2H3,(H,30,34)(H,31,33)/t25-,26-/m0/s1. The topological polar surface area (TPSA) is 97.0 Å². The summed E-state index contributed by atoms with van der Waals surface area (Å²) in [5.74, 6) is -0.111. The van der Waals surface area contributed by atoms with E-state index in [9.17, 15) is 14.4 Å². The van der Waals surface area contributed by atoms with Gasteiger partial charge in [-0.15, -0.1) is 0 Å². The highest BCUT2D eigenvalue weighted by Crippen LogP contribution is 2.36. The molecule has 0 radical (unpaired) electrons. The molecule has 2 atom stereocenters. The summed E-state index contributed by atoms with van der Waals surface area (Å²) < 4.78 is 11.1. The molecule has 3 aromatic rings. The second-order valence-corrected chi connectivity index (χ2v) is 9.43. The van der Waals surface area contributed by atoms with Crippen LogP contribution < -0.4 is 15.4 Å². The highest BCUT2D eigenvalue weighted by molar-refractivity contribution is 6.06. The highest BCUT2D eigenvalue weighted by Gasteiger charge is 2.48. The van der Waals surface area contributed by atoms with Crippen molar-refractivity contribution in [2.75, 3.05) is 12.4 Å². The molecule has 1 aliphatic carbocycles. The summed E-state index contributed by atoms with van der Waals surface area (Å²) >= 11 is 0. The van der Waals surface area contributed by atoms with Gasteiger partial charge in [0.2, 0.25) is 5.91 Å². The molecular weight excluding hydrogens is 470 g/mol. The number of hydrogen-bond donors (Lipinski definition) is 2. The van der Waals surface area contributed by atoms with Gasteiger partial charge in [0, 0.05) is 11.7 Å². The number of hydrogen-bond acceptors (Lipinski definition) is 5. The first-order valence-corrected chi connectivity index (χ1v) is 12.3. The van der Waals surface area contributed by atoms with E-state index < -0.39 is 18.2 Å². The zero-order valence-corrected chi connectivity index (χ0v) is 20.8. The maximum Gasteiger partial charge on any atom is 0.411 e. The smallest absolute Gasteiger partial charge is 0.411 e. The Labute approximate surface area is 215 Å². The zero-order valence-electron chi connectivity index (χ0n) is 20.8. The quantitative estimate of drug-likeness (QED) is 0.472. The number of benzene rings is 3. The second kappa shape index (κ2) is 10.3. The van der Waals surface area contributed by atoms with E-state index >= 15 is 0 Å². The van der Waals surface area contributed by atoms with Crippen LogP contribution in [0.1, 0.15) is 46.0 Å². The lowest BCUT2D eigenvalue weighted by Gasteiger charge is -2.24. The minimum absolute atomic E-state index is 0.136. The van der Waals surface area contributed by atoms with Gasteiger partial charge in [-0.2, -0.15) is 0 Å². The van der Waals surface area contributed by atoms with Gasteiger partial charge < -0.3 is 20.1 Å². The molecule has 0 unspecified atom stereocenters. The number of nitrogens with zero attached hydrogens (tertiary/aromatic N) is 1. The Morgan fingerprint density at radius 1 is 1.03 bits per heavy atom. The Kier molecular flexibility index (Phi) is 6.81. The van der Waals surface area contributed by atoms with Crippen molar-refractivity contribution in [3.8, 4) is 5.75 Å². The van der Waals surface area contributed by atoms with Gasteiger partial charge in [-0.05, 0) is 55.2 Å². The summed E-state index contributed by atoms with van der Waals surface area (Å²) in [5.41, 5.74) is 3.55. The number of cyclic esters (lactones) is 1. The third-order valence-corrected chi connectivity index (χ3v) is 6.58. The molecule has 0 spiro atoms. The van der Waals surface area contributed by atoms with E-state index in [0.717, 1.165) is 24.0 Å². The number of anilines is 1. The summed E-state index contributed by atoms with van der Waals surface area (Å²) in [6, 6.07) is 21.1. The molecule has 2 fully saturated rings. The van der Waals surface area contributed by atoms with Crippen molar-refractivity contribution in [1.82, 2.24) is 10.2 Å². The molecule has 1 saturated carbocycles. The van der Waals surface area contributed by atoms with E-state index in [1.54, 1.807) is 48.5 Å². The average molecular weight is 500 g/mol. The summed E-state index contributed by atoms with van der Waals surface area (Å²) in [6.45, 7) is 2.25. The van der Waals surface area contributed by atoms with Crippen LogP contribution in [0.15, 0.2) is 72.8 Å². The predicted molar refractivity (Wildman–Crippen MR) is 138 cm³/mol. The SMILES string of the molecule is COc1ccccc1C(=O)Nc1cccc([C@@H]2OC(=O)N(Cc3ccc(C)cc3)[C@@H]2C(=O)NC2CC2)c1. The maximum absolute atomic E-state index is 13.3. The van der Waals surface area contributed by atoms with Crippen molar-refractivity contribution in [3.63, 3.8) is 0 Å². The fourth-order valence-corrected chi connectivity index (χ4v) is 4.44. The van der Waals surface area contributed by atoms with Gasteiger partial charge >= 0.3 is 6.09 Å². The number of aryl methyl sites for hydroxylation is 1. The molecule has 3 aromatic carbocycles. The molecule has 37 heavy (non-hydrogen) atoms. The molecule has 2 aliphatic rings. The summed E-state index contributed by atoms with van der Waals surface area (Å²) in [6.07, 6.45) is 0.491. The largest absolute Gasteiger partial charge is 0.496 e. The average Bonchev–Trinajstić information content (AvgIpc) is 3.66. The van der Waals surface area contributed by atoms with Crippen LogP contribution >= 0.6 is 0 Å². The fourth-order valence-electron chi connectivity index (χ4n) is 4.44. The molecule has 190 valence electrons. The Hall–Kier alpha value is -4.33. The molecule has 2 N–H and O–H groups in total. The van der Waals surface area contributed by atoms with Crippen molar-refractivity contribution < 1.29 is 23.9 Å². The van der Waals surface area contributed by atoms with Crippen molar-refractivity contribution in [2.45, 2.75) is 44.5 Å². The molecule has 8 heteroatoms. The number of para-hydroxylation sites is 1. The molecular formula is C29H29N3O5. The molecule has 0 bridgehead atoms. The van der Waals surface area contributed by atoms with Gasteiger partial charge in [-0.3, -0.25) is 14.5 Å². The van der Waals surface area contributed by atoms with Crippen molar-refractivity contribution in [3.05, 3.63) is 95.1 Å². The maximum atomic E-state index is 13.3. The van der Waals surface area contributed by atoms with E-state index in [1.165, 1.54) is 12.0 Å². The predicted octanol–water partition coefficient (Wildman–Crippen LogP) is 4.60. The molecule has 1 heterocycles. The fraction of sp³-hybridized carbons (Fsp3) is 0.276. The highest BCUT2D eigenvalue weighted by atomic mass is 16.6. The number of amides is 3. The molecule has 0 aromatic heterocycles. The van der Waals surface area contributed by atoms with Gasteiger partial charge in [0.1, 0.15) is 5.75 Å². The Morgan fingerprint density at radius 2 is 1.78 bits per heavy atom. The summed E-state index contributed by atoms with van der Waals surface area (Å²) in [4.78, 5) is 40.7. The molecule has 1 aliphatic heterocycles. The van der Waals surface area contributed by atoms with Crippen molar-refractivity contribution >= 4 is 23.6 Å². The second-order valence-electron chi connectivity index (χ2n) is 9.43. The van der Waals surface area contributed by atoms with Crippen LogP contribution in [-0.4, -0.2) is 42.0 Å².